The number of carbonyl (C=O) groups is 2. The second kappa shape index (κ2) is 35.1. The van der Waals surface area contributed by atoms with Crippen molar-refractivity contribution < 1.29 is 14.3 Å². The molecule has 0 fully saturated rings. The zero-order valence-electron chi connectivity index (χ0n) is 28.0. The molecule has 41 heavy (non-hydrogen) atoms. The molecular weight excluding hydrogens is 504 g/mol. The highest BCUT2D eigenvalue weighted by Crippen LogP contribution is 2.15. The lowest BCUT2D eigenvalue weighted by atomic mass is 10.0. The Bertz CT molecular complexity index is 568. The van der Waals surface area contributed by atoms with Crippen molar-refractivity contribution in [2.24, 2.45) is 0 Å². The molecule has 3 heteroatoms. The number of unbranched alkanes of at least 4 members (excludes halogenated alkanes) is 27. The minimum absolute atomic E-state index is 0.327. The molecule has 0 aromatic carbocycles. The Kier molecular flexibility index (Phi) is 34.1. The van der Waals surface area contributed by atoms with E-state index in [4.69, 9.17) is 4.74 Å². The van der Waals surface area contributed by atoms with Gasteiger partial charge in [0.05, 0.1) is 0 Å². The monoisotopic (exact) mass is 577 g/mol. The van der Waals surface area contributed by atoms with Gasteiger partial charge in [-0.05, 0) is 38.5 Å². The molecule has 0 amide bonds. The highest BCUT2D eigenvalue weighted by molar-refractivity contribution is 5.85. The Balaban J connectivity index is 3.30. The zero-order chi connectivity index (χ0) is 29.9. The second-order valence-corrected chi connectivity index (χ2v) is 12.6. The molecule has 0 N–H and O–H groups in total. The van der Waals surface area contributed by atoms with Crippen LogP contribution in [0.15, 0.2) is 12.2 Å². The summed E-state index contributed by atoms with van der Waals surface area (Å²) < 4.78 is 5.01. The van der Waals surface area contributed by atoms with E-state index in [9.17, 15) is 9.59 Å². The van der Waals surface area contributed by atoms with Crippen LogP contribution >= 0.6 is 0 Å². The Labute approximate surface area is 257 Å². The summed E-state index contributed by atoms with van der Waals surface area (Å²) >= 11 is 0. The number of carbonyl (C=O) groups excluding carboxylic acids is 2. The third-order valence-corrected chi connectivity index (χ3v) is 8.35. The molecule has 0 aliphatic heterocycles. The fraction of sp³-hybridized carbons (Fsp3) is 0.895. The van der Waals surface area contributed by atoms with E-state index in [0.717, 1.165) is 25.7 Å². The van der Waals surface area contributed by atoms with E-state index in [-0.39, 0.29) is 11.9 Å². The molecule has 0 rings (SSSR count). The van der Waals surface area contributed by atoms with Crippen molar-refractivity contribution in [3.8, 4) is 0 Å². The van der Waals surface area contributed by atoms with Crippen LogP contribution in [-0.4, -0.2) is 11.9 Å². The van der Waals surface area contributed by atoms with Crippen molar-refractivity contribution in [3.63, 3.8) is 0 Å². The van der Waals surface area contributed by atoms with Crippen LogP contribution in [0.3, 0.4) is 0 Å². The average molecular weight is 577 g/mol. The fourth-order valence-corrected chi connectivity index (χ4v) is 5.56. The maximum atomic E-state index is 11.9. The summed E-state index contributed by atoms with van der Waals surface area (Å²) in [5.74, 6) is -0.655. The number of ether oxygens (including phenoxy) is 1. The highest BCUT2D eigenvalue weighted by atomic mass is 16.6. The molecular formula is C38H72O3. The van der Waals surface area contributed by atoms with Gasteiger partial charge in [-0.15, -0.1) is 0 Å². The Hall–Kier alpha value is -1.12. The highest BCUT2D eigenvalue weighted by Gasteiger charge is 2.09. The van der Waals surface area contributed by atoms with Crippen molar-refractivity contribution in [2.45, 2.75) is 219 Å². The summed E-state index contributed by atoms with van der Waals surface area (Å²) in [6.07, 6.45) is 44.1. The summed E-state index contributed by atoms with van der Waals surface area (Å²) in [7, 11) is 0. The molecule has 0 heterocycles. The van der Waals surface area contributed by atoms with Gasteiger partial charge in [0.25, 0.3) is 0 Å². The number of rotatable bonds is 33. The van der Waals surface area contributed by atoms with Gasteiger partial charge < -0.3 is 4.74 Å². The van der Waals surface area contributed by atoms with Crippen LogP contribution in [0.5, 0.6) is 0 Å². The molecule has 0 aromatic heterocycles. The van der Waals surface area contributed by atoms with Gasteiger partial charge >= 0.3 is 11.9 Å². The lowest BCUT2D eigenvalue weighted by Gasteiger charge is -2.05. The number of esters is 2. The molecule has 0 atom stereocenters. The number of hydrogen-bond donors (Lipinski definition) is 0. The van der Waals surface area contributed by atoms with Crippen molar-refractivity contribution in [2.75, 3.05) is 0 Å². The van der Waals surface area contributed by atoms with E-state index in [1.807, 2.05) is 0 Å². The van der Waals surface area contributed by atoms with Crippen molar-refractivity contribution >= 4 is 11.9 Å². The molecule has 0 aromatic rings. The standard InChI is InChI=1S/C38H72O3/c1-3-5-7-9-11-13-15-17-18-19-20-21-22-24-26-28-30-32-34-36-38(40)41-37(39)35-33-31-29-27-25-23-16-14-12-10-8-6-4-2/h17-18H,3-16,19-36H2,1-2H3/b18-17-. The zero-order valence-corrected chi connectivity index (χ0v) is 28.0. The lowest BCUT2D eigenvalue weighted by molar-refractivity contribution is -0.159. The van der Waals surface area contributed by atoms with E-state index >= 15 is 0 Å². The normalized spacial score (nSPS) is 11.5. The van der Waals surface area contributed by atoms with Gasteiger partial charge in [-0.3, -0.25) is 9.59 Å². The van der Waals surface area contributed by atoms with Crippen LogP contribution in [0.1, 0.15) is 219 Å². The molecule has 242 valence electrons. The summed E-state index contributed by atoms with van der Waals surface area (Å²) in [5.41, 5.74) is 0. The summed E-state index contributed by atoms with van der Waals surface area (Å²) in [4.78, 5) is 23.8. The van der Waals surface area contributed by atoms with Gasteiger partial charge in [0, 0.05) is 12.8 Å². The molecule has 0 aliphatic carbocycles. The summed E-state index contributed by atoms with van der Waals surface area (Å²) in [5, 5.41) is 0. The van der Waals surface area contributed by atoms with Crippen LogP contribution in [0.25, 0.3) is 0 Å². The van der Waals surface area contributed by atoms with Gasteiger partial charge in [0.1, 0.15) is 0 Å². The largest absolute Gasteiger partial charge is 0.393 e. The van der Waals surface area contributed by atoms with Gasteiger partial charge in [0.15, 0.2) is 0 Å². The molecule has 0 saturated heterocycles. The van der Waals surface area contributed by atoms with Gasteiger partial charge in [-0.25, -0.2) is 0 Å². The van der Waals surface area contributed by atoms with Crippen LogP contribution in [-0.2, 0) is 14.3 Å². The SMILES string of the molecule is CCCCCCCC/C=C\CCCCCCCCCCCC(=O)OC(=O)CCCCCCCCCCCCCCC. The first kappa shape index (κ1) is 39.9. The van der Waals surface area contributed by atoms with Crippen molar-refractivity contribution in [1.29, 1.82) is 0 Å². The predicted molar refractivity (Wildman–Crippen MR) is 179 cm³/mol. The van der Waals surface area contributed by atoms with Crippen molar-refractivity contribution in [1.82, 2.24) is 0 Å². The first-order valence-electron chi connectivity index (χ1n) is 18.6. The molecule has 0 saturated carbocycles. The van der Waals surface area contributed by atoms with E-state index < -0.39 is 0 Å². The van der Waals surface area contributed by atoms with Crippen molar-refractivity contribution in [3.05, 3.63) is 12.2 Å². The molecule has 0 unspecified atom stereocenters. The number of hydrogen-bond acceptors (Lipinski definition) is 3. The Morgan fingerprint density at radius 2 is 0.610 bits per heavy atom. The first-order chi connectivity index (χ1) is 20.2. The van der Waals surface area contributed by atoms with E-state index in [2.05, 4.69) is 26.0 Å². The Morgan fingerprint density at radius 1 is 0.366 bits per heavy atom. The average Bonchev–Trinajstić information content (AvgIpc) is 2.96. The lowest BCUT2D eigenvalue weighted by Crippen LogP contribution is -2.11. The Morgan fingerprint density at radius 3 is 0.902 bits per heavy atom. The smallest absolute Gasteiger partial charge is 0.313 e. The minimum atomic E-state index is -0.328. The summed E-state index contributed by atoms with van der Waals surface area (Å²) in [6, 6.07) is 0. The predicted octanol–water partition coefficient (Wildman–Crippen LogP) is 13.1. The van der Waals surface area contributed by atoms with Crippen LogP contribution in [0.4, 0.5) is 0 Å². The topological polar surface area (TPSA) is 43.4 Å². The van der Waals surface area contributed by atoms with E-state index in [0.29, 0.717) is 12.8 Å². The third-order valence-electron chi connectivity index (χ3n) is 8.35. The van der Waals surface area contributed by atoms with E-state index in [1.165, 1.54) is 167 Å². The minimum Gasteiger partial charge on any atom is -0.393 e. The fourth-order valence-electron chi connectivity index (χ4n) is 5.56. The van der Waals surface area contributed by atoms with Crippen LogP contribution in [0, 0.1) is 0 Å². The first-order valence-corrected chi connectivity index (χ1v) is 18.6. The second-order valence-electron chi connectivity index (χ2n) is 12.6. The van der Waals surface area contributed by atoms with Gasteiger partial charge in [-0.1, -0.05) is 180 Å². The quantitative estimate of drug-likeness (QED) is 0.0338. The molecule has 0 bridgehead atoms. The van der Waals surface area contributed by atoms with Crippen LogP contribution in [0.2, 0.25) is 0 Å². The molecule has 0 spiro atoms. The van der Waals surface area contributed by atoms with Crippen LogP contribution < -0.4 is 0 Å². The summed E-state index contributed by atoms with van der Waals surface area (Å²) in [6.45, 7) is 4.55. The molecule has 0 aliphatic rings. The van der Waals surface area contributed by atoms with Gasteiger partial charge in [0.2, 0.25) is 0 Å². The maximum absolute atomic E-state index is 11.9. The molecule has 0 radical (unpaired) electrons. The molecule has 3 nitrogen and oxygen atoms in total. The van der Waals surface area contributed by atoms with Gasteiger partial charge in [-0.2, -0.15) is 0 Å². The van der Waals surface area contributed by atoms with E-state index in [1.54, 1.807) is 0 Å². The third kappa shape index (κ3) is 35.0. The maximum Gasteiger partial charge on any atom is 0.313 e. The number of allylic oxidation sites excluding steroid dienone is 2.